The second kappa shape index (κ2) is 15.7. The molecule has 0 unspecified atom stereocenters. The second-order valence-electron chi connectivity index (χ2n) is 9.78. The maximum atomic E-state index is 13.4. The molecule has 9 nitrogen and oxygen atoms in total. The minimum atomic E-state index is -0.484. The molecule has 0 aliphatic heterocycles. The van der Waals surface area contributed by atoms with Crippen molar-refractivity contribution in [3.05, 3.63) is 114 Å². The van der Waals surface area contributed by atoms with E-state index >= 15 is 0 Å². The fourth-order valence-electron chi connectivity index (χ4n) is 4.29. The highest BCUT2D eigenvalue weighted by Gasteiger charge is 2.16. The number of carbonyl (C=O) groups excluding carboxylic acids is 3. The van der Waals surface area contributed by atoms with Crippen LogP contribution in [0.3, 0.4) is 0 Å². The molecule has 0 aliphatic carbocycles. The topological polar surface area (TPSA) is 119 Å². The number of rotatable bonds is 13. The number of anilines is 2. The van der Waals surface area contributed by atoms with E-state index in [9.17, 15) is 14.4 Å². The van der Waals surface area contributed by atoms with Gasteiger partial charge in [0.2, 0.25) is 5.91 Å². The van der Waals surface area contributed by atoms with Gasteiger partial charge in [0, 0.05) is 16.1 Å². The Morgan fingerprint density at radius 3 is 2.24 bits per heavy atom. The van der Waals surface area contributed by atoms with Crippen LogP contribution in [-0.2, 0) is 9.59 Å². The van der Waals surface area contributed by atoms with Crippen molar-refractivity contribution in [2.24, 2.45) is 0 Å². The lowest BCUT2D eigenvalue weighted by molar-refractivity contribution is -0.114. The molecule has 0 atom stereocenters. The molecule has 3 amide bonds. The van der Waals surface area contributed by atoms with Crippen molar-refractivity contribution >= 4 is 67.9 Å². The first kappa shape index (κ1) is 32.3. The maximum absolute atomic E-state index is 13.4. The summed E-state index contributed by atoms with van der Waals surface area (Å²) in [6, 6.07) is 28.7. The Labute approximate surface area is 275 Å². The fraction of sp³-hybridized carbons (Fsp3) is 0.143. The van der Waals surface area contributed by atoms with Crippen LogP contribution in [0.15, 0.2) is 108 Å². The molecule has 0 saturated carbocycles. The number of aromatic nitrogens is 1. The van der Waals surface area contributed by atoms with Crippen LogP contribution < -0.4 is 25.4 Å². The predicted octanol–water partition coefficient (Wildman–Crippen LogP) is 7.23. The SMILES string of the molecule is CCOc1ccc(/C=C(\NC(=O)c2ccccc2)C(=O)Nc2ccc(SCC(=O)Nc3nc4ccc(OCC)cc4s3)cc2)cc1. The lowest BCUT2D eigenvalue weighted by Gasteiger charge is -2.12. The van der Waals surface area contributed by atoms with Gasteiger partial charge in [-0.15, -0.1) is 11.8 Å². The number of hydrogen-bond acceptors (Lipinski definition) is 8. The van der Waals surface area contributed by atoms with E-state index < -0.39 is 11.8 Å². The standard InChI is InChI=1S/C35H32N4O5S2/c1-3-43-26-14-10-23(11-15-26)20-30(37-33(41)24-8-6-5-7-9-24)34(42)36-25-12-17-28(18-13-25)45-22-32(40)39-35-38-29-19-16-27(44-4-2)21-31(29)46-35/h5-21H,3-4,22H2,1-2H3,(H,36,42)(H,37,41)(H,38,39,40)/b30-20-. The Hall–Kier alpha value is -5.13. The van der Waals surface area contributed by atoms with Crippen molar-refractivity contribution < 1.29 is 23.9 Å². The third kappa shape index (κ3) is 8.96. The number of thiazole rings is 1. The number of nitrogens with one attached hydrogen (secondary N) is 3. The molecular formula is C35H32N4O5S2. The molecule has 0 bridgehead atoms. The summed E-state index contributed by atoms with van der Waals surface area (Å²) in [5, 5.41) is 8.98. The van der Waals surface area contributed by atoms with Crippen LogP contribution in [0.25, 0.3) is 16.3 Å². The van der Waals surface area contributed by atoms with Crippen molar-refractivity contribution in [1.29, 1.82) is 0 Å². The summed E-state index contributed by atoms with van der Waals surface area (Å²) < 4.78 is 12.0. The van der Waals surface area contributed by atoms with Gasteiger partial charge < -0.3 is 25.4 Å². The van der Waals surface area contributed by atoms with Gasteiger partial charge >= 0.3 is 0 Å². The van der Waals surface area contributed by atoms with Gasteiger partial charge in [-0.2, -0.15) is 0 Å². The van der Waals surface area contributed by atoms with Gasteiger partial charge in [0.15, 0.2) is 5.13 Å². The average Bonchev–Trinajstić information content (AvgIpc) is 3.47. The Morgan fingerprint density at radius 2 is 1.52 bits per heavy atom. The van der Waals surface area contributed by atoms with Crippen molar-refractivity contribution in [2.75, 3.05) is 29.6 Å². The monoisotopic (exact) mass is 652 g/mol. The molecule has 0 radical (unpaired) electrons. The van der Waals surface area contributed by atoms with Crippen LogP contribution in [0.5, 0.6) is 11.5 Å². The van der Waals surface area contributed by atoms with Gasteiger partial charge in [0.1, 0.15) is 17.2 Å². The molecule has 0 spiro atoms. The van der Waals surface area contributed by atoms with E-state index in [1.807, 2.05) is 62.4 Å². The van der Waals surface area contributed by atoms with Crippen LogP contribution in [0.4, 0.5) is 10.8 Å². The molecule has 0 saturated heterocycles. The molecule has 4 aromatic carbocycles. The highest BCUT2D eigenvalue weighted by atomic mass is 32.2. The number of thioether (sulfide) groups is 1. The van der Waals surface area contributed by atoms with E-state index in [1.54, 1.807) is 54.6 Å². The van der Waals surface area contributed by atoms with E-state index in [-0.39, 0.29) is 17.4 Å². The minimum absolute atomic E-state index is 0.0806. The number of fused-ring (bicyclic) bond motifs is 1. The third-order valence-corrected chi connectivity index (χ3v) is 8.38. The number of carbonyl (C=O) groups is 3. The number of hydrogen-bond donors (Lipinski definition) is 3. The molecule has 11 heteroatoms. The average molecular weight is 653 g/mol. The van der Waals surface area contributed by atoms with Crippen molar-refractivity contribution in [3.63, 3.8) is 0 Å². The number of amides is 3. The first-order chi connectivity index (χ1) is 22.4. The van der Waals surface area contributed by atoms with Crippen molar-refractivity contribution in [1.82, 2.24) is 10.3 Å². The zero-order valence-corrected chi connectivity index (χ0v) is 26.9. The molecule has 5 aromatic rings. The Kier molecular flexibility index (Phi) is 11.0. The van der Waals surface area contributed by atoms with Crippen LogP contribution in [0, 0.1) is 0 Å². The van der Waals surface area contributed by atoms with Crippen molar-refractivity contribution in [3.8, 4) is 11.5 Å². The summed E-state index contributed by atoms with van der Waals surface area (Å²) in [7, 11) is 0. The van der Waals surface area contributed by atoms with E-state index in [2.05, 4.69) is 20.9 Å². The molecule has 0 aliphatic rings. The van der Waals surface area contributed by atoms with E-state index in [0.717, 1.165) is 20.9 Å². The molecule has 3 N–H and O–H groups in total. The lowest BCUT2D eigenvalue weighted by atomic mass is 10.1. The summed E-state index contributed by atoms with van der Waals surface area (Å²) in [5.41, 5.74) is 2.56. The zero-order chi connectivity index (χ0) is 32.3. The largest absolute Gasteiger partial charge is 0.494 e. The van der Waals surface area contributed by atoms with Crippen LogP contribution in [0.2, 0.25) is 0 Å². The fourth-order valence-corrected chi connectivity index (χ4v) is 5.90. The normalized spacial score (nSPS) is 11.1. The van der Waals surface area contributed by atoms with E-state index in [4.69, 9.17) is 9.47 Å². The summed E-state index contributed by atoms with van der Waals surface area (Å²) in [5.74, 6) is 0.601. The third-order valence-electron chi connectivity index (χ3n) is 6.43. The lowest BCUT2D eigenvalue weighted by Crippen LogP contribution is -2.30. The Balaban J connectivity index is 1.20. The van der Waals surface area contributed by atoms with Gasteiger partial charge in [-0.05, 0) is 92.2 Å². The smallest absolute Gasteiger partial charge is 0.272 e. The Bertz CT molecular complexity index is 1840. The summed E-state index contributed by atoms with van der Waals surface area (Å²) >= 11 is 2.76. The molecular weight excluding hydrogens is 621 g/mol. The maximum Gasteiger partial charge on any atom is 0.272 e. The van der Waals surface area contributed by atoms with Crippen LogP contribution in [0.1, 0.15) is 29.8 Å². The summed E-state index contributed by atoms with van der Waals surface area (Å²) in [6.07, 6.45) is 1.61. The van der Waals surface area contributed by atoms with Gasteiger partial charge in [-0.25, -0.2) is 4.98 Å². The quantitative estimate of drug-likeness (QED) is 0.0907. The zero-order valence-electron chi connectivity index (χ0n) is 25.2. The summed E-state index contributed by atoms with van der Waals surface area (Å²) in [4.78, 5) is 44.2. The first-order valence-electron chi connectivity index (χ1n) is 14.6. The van der Waals surface area contributed by atoms with E-state index in [1.165, 1.54) is 23.1 Å². The van der Waals surface area contributed by atoms with Gasteiger partial charge in [-0.3, -0.25) is 14.4 Å². The van der Waals surface area contributed by atoms with E-state index in [0.29, 0.717) is 40.9 Å². The molecule has 5 rings (SSSR count). The number of ether oxygens (including phenoxy) is 2. The van der Waals surface area contributed by atoms with Gasteiger partial charge in [0.05, 0.1) is 29.2 Å². The van der Waals surface area contributed by atoms with Gasteiger partial charge in [0.25, 0.3) is 11.8 Å². The highest BCUT2D eigenvalue weighted by Crippen LogP contribution is 2.30. The van der Waals surface area contributed by atoms with Gasteiger partial charge in [-0.1, -0.05) is 41.7 Å². The number of nitrogens with zero attached hydrogens (tertiary/aromatic N) is 1. The second-order valence-corrected chi connectivity index (χ2v) is 11.9. The van der Waals surface area contributed by atoms with Crippen LogP contribution >= 0.6 is 23.1 Å². The number of benzene rings is 4. The van der Waals surface area contributed by atoms with Crippen LogP contribution in [-0.4, -0.2) is 41.7 Å². The minimum Gasteiger partial charge on any atom is -0.494 e. The molecule has 234 valence electrons. The molecule has 1 heterocycles. The molecule has 0 fully saturated rings. The summed E-state index contributed by atoms with van der Waals surface area (Å²) in [6.45, 7) is 4.95. The van der Waals surface area contributed by atoms with Crippen molar-refractivity contribution in [2.45, 2.75) is 18.7 Å². The molecule has 46 heavy (non-hydrogen) atoms. The predicted molar refractivity (Wildman–Crippen MR) is 185 cm³/mol. The first-order valence-corrected chi connectivity index (χ1v) is 16.4. The molecule has 1 aromatic heterocycles. The Morgan fingerprint density at radius 1 is 0.826 bits per heavy atom. The highest BCUT2D eigenvalue weighted by molar-refractivity contribution is 8.00.